The number of para-hydroxylation sites is 1. The number of aromatic hydroxyl groups is 1. The Morgan fingerprint density at radius 1 is 1.26 bits per heavy atom. The predicted molar refractivity (Wildman–Crippen MR) is 155 cm³/mol. The minimum Gasteiger partial charge on any atom is -0.507 e. The highest BCUT2D eigenvalue weighted by Crippen LogP contribution is 2.27. The van der Waals surface area contributed by atoms with Crippen molar-refractivity contribution in [3.05, 3.63) is 59.8 Å². The third-order valence-corrected chi connectivity index (χ3v) is 7.19. The highest BCUT2D eigenvalue weighted by molar-refractivity contribution is 5.87. The summed E-state index contributed by atoms with van der Waals surface area (Å²) in [7, 11) is 1.82. The summed E-state index contributed by atoms with van der Waals surface area (Å²) in [6, 6.07) is 7.19. The van der Waals surface area contributed by atoms with E-state index in [9.17, 15) is 9.90 Å². The molecule has 2 aliphatic rings. The Morgan fingerprint density at radius 3 is 2.72 bits per heavy atom. The number of phenols is 1. The number of aromatic nitrogens is 1. The van der Waals surface area contributed by atoms with Gasteiger partial charge in [0.25, 0.3) is 0 Å². The Bertz CT molecular complexity index is 1090. The van der Waals surface area contributed by atoms with Gasteiger partial charge in [0.1, 0.15) is 11.6 Å². The number of phenolic OH excluding ortho intramolecular Hbond substituents is 1. The van der Waals surface area contributed by atoms with Crippen molar-refractivity contribution in [1.29, 1.82) is 0 Å². The molecule has 1 aromatic heterocycles. The van der Waals surface area contributed by atoms with Gasteiger partial charge in [-0.25, -0.2) is 0 Å². The molecule has 4 rings (SSSR count). The molecular formula is C30H44N4O5. The van der Waals surface area contributed by atoms with Gasteiger partial charge >= 0.3 is 0 Å². The third kappa shape index (κ3) is 9.16. The highest BCUT2D eigenvalue weighted by Gasteiger charge is 2.23. The second-order valence-corrected chi connectivity index (χ2v) is 10.2. The number of aryl methyl sites for hydroxylation is 1. The lowest BCUT2D eigenvalue weighted by Crippen LogP contribution is -2.39. The van der Waals surface area contributed by atoms with Crippen molar-refractivity contribution >= 4 is 23.5 Å². The van der Waals surface area contributed by atoms with E-state index in [1.54, 1.807) is 23.1 Å². The van der Waals surface area contributed by atoms with Crippen molar-refractivity contribution < 1.29 is 24.1 Å². The molecule has 39 heavy (non-hydrogen) atoms. The molecule has 3 heterocycles. The quantitative estimate of drug-likeness (QED) is 0.279. The van der Waals surface area contributed by atoms with Crippen LogP contribution in [0, 0.1) is 5.92 Å². The molecule has 0 saturated carbocycles. The first kappa shape index (κ1) is 30.3. The maximum absolute atomic E-state index is 11.4. The number of H-pyrrole nitrogens is 1. The van der Waals surface area contributed by atoms with Gasteiger partial charge in [-0.1, -0.05) is 25.6 Å². The van der Waals surface area contributed by atoms with Crippen LogP contribution in [-0.2, 0) is 25.4 Å². The van der Waals surface area contributed by atoms with Gasteiger partial charge in [-0.15, -0.1) is 0 Å². The summed E-state index contributed by atoms with van der Waals surface area (Å²) < 4.78 is 16.6. The van der Waals surface area contributed by atoms with Gasteiger partial charge in [0, 0.05) is 49.9 Å². The fourth-order valence-corrected chi connectivity index (χ4v) is 4.73. The largest absolute Gasteiger partial charge is 0.507 e. The number of aromatic amines is 1. The molecule has 2 saturated heterocycles. The van der Waals surface area contributed by atoms with E-state index in [-0.39, 0.29) is 23.8 Å². The number of hydrogen-bond donors (Lipinski definition) is 4. The first-order chi connectivity index (χ1) is 18.8. The van der Waals surface area contributed by atoms with Crippen LogP contribution in [0.25, 0.3) is 11.8 Å². The maximum atomic E-state index is 11.4. The number of nitrogens with one attached hydrogen (secondary N) is 1. The first-order valence-corrected chi connectivity index (χ1v) is 13.7. The number of anilines is 1. The summed E-state index contributed by atoms with van der Waals surface area (Å²) in [4.78, 5) is 16.2. The molecule has 0 aliphatic carbocycles. The van der Waals surface area contributed by atoms with Crippen molar-refractivity contribution in [2.45, 2.75) is 51.2 Å². The van der Waals surface area contributed by atoms with E-state index in [4.69, 9.17) is 25.7 Å². The minimum atomic E-state index is -0.0206. The summed E-state index contributed by atoms with van der Waals surface area (Å²) >= 11 is 0. The molecule has 1 amide bonds. The van der Waals surface area contributed by atoms with Crippen molar-refractivity contribution in [3.8, 4) is 5.75 Å². The normalized spacial score (nSPS) is 21.5. The van der Waals surface area contributed by atoms with Gasteiger partial charge in [-0.05, 0) is 67.9 Å². The van der Waals surface area contributed by atoms with E-state index in [1.165, 1.54) is 6.08 Å². The van der Waals surface area contributed by atoms with Crippen LogP contribution in [0.2, 0.25) is 0 Å². The lowest BCUT2D eigenvalue weighted by Gasteiger charge is -2.26. The smallest absolute Gasteiger partial charge is 0.246 e. The van der Waals surface area contributed by atoms with E-state index < -0.39 is 0 Å². The predicted octanol–water partition coefficient (Wildman–Crippen LogP) is 3.94. The van der Waals surface area contributed by atoms with Crippen LogP contribution in [-0.4, -0.2) is 73.1 Å². The molecule has 0 radical (unpaired) electrons. The molecule has 6 N–H and O–H groups in total. The summed E-state index contributed by atoms with van der Waals surface area (Å²) in [6.45, 7) is 9.34. The third-order valence-electron chi connectivity index (χ3n) is 7.19. The topological polar surface area (TPSA) is 136 Å². The van der Waals surface area contributed by atoms with Crippen LogP contribution >= 0.6 is 0 Å². The Balaban J connectivity index is 0.000000255. The Hall–Kier alpha value is -3.27. The van der Waals surface area contributed by atoms with Crippen LogP contribution in [0.4, 0.5) is 5.82 Å². The van der Waals surface area contributed by atoms with Crippen LogP contribution in [0.3, 0.4) is 0 Å². The number of nitrogen functional groups attached to an aromatic ring is 1. The van der Waals surface area contributed by atoms with Gasteiger partial charge in [-0.3, -0.25) is 4.79 Å². The van der Waals surface area contributed by atoms with Crippen LogP contribution in [0.5, 0.6) is 5.75 Å². The van der Waals surface area contributed by atoms with Crippen molar-refractivity contribution in [1.82, 2.24) is 9.88 Å². The number of rotatable bonds is 9. The number of amides is 1. The number of carbonyl (C=O) groups excluding carboxylic acids is 1. The molecule has 0 bridgehead atoms. The van der Waals surface area contributed by atoms with E-state index in [2.05, 4.69) is 18.5 Å². The molecule has 214 valence electrons. The van der Waals surface area contributed by atoms with E-state index in [1.807, 2.05) is 25.4 Å². The fourth-order valence-electron chi connectivity index (χ4n) is 4.73. The maximum Gasteiger partial charge on any atom is 0.246 e. The van der Waals surface area contributed by atoms with Gasteiger partial charge in [-0.2, -0.15) is 0 Å². The van der Waals surface area contributed by atoms with Crippen LogP contribution < -0.4 is 11.5 Å². The second kappa shape index (κ2) is 15.4. The molecule has 0 spiro atoms. The van der Waals surface area contributed by atoms with Crippen molar-refractivity contribution in [2.24, 2.45) is 11.7 Å². The molecule has 2 aliphatic heterocycles. The number of benzene rings is 1. The zero-order valence-electron chi connectivity index (χ0n) is 23.2. The van der Waals surface area contributed by atoms with Crippen LogP contribution in [0.15, 0.2) is 43.1 Å². The second-order valence-electron chi connectivity index (χ2n) is 10.2. The number of ether oxygens (including phenoxy) is 3. The summed E-state index contributed by atoms with van der Waals surface area (Å²) in [5, 5.41) is 9.94. The molecular weight excluding hydrogens is 496 g/mol. The molecule has 9 nitrogen and oxygen atoms in total. The molecule has 9 heteroatoms. The molecule has 1 aromatic carbocycles. The Morgan fingerprint density at radius 2 is 2.00 bits per heavy atom. The van der Waals surface area contributed by atoms with Gasteiger partial charge in [0.15, 0.2) is 0 Å². The number of hydrogen-bond acceptors (Lipinski definition) is 7. The zero-order valence-corrected chi connectivity index (χ0v) is 23.2. The van der Waals surface area contributed by atoms with Gasteiger partial charge < -0.3 is 40.7 Å². The van der Waals surface area contributed by atoms with E-state index in [0.29, 0.717) is 42.8 Å². The molecule has 3 unspecified atom stereocenters. The lowest BCUT2D eigenvalue weighted by molar-refractivity contribution is -0.127. The van der Waals surface area contributed by atoms with Crippen molar-refractivity contribution in [3.63, 3.8) is 0 Å². The van der Waals surface area contributed by atoms with Crippen molar-refractivity contribution in [2.75, 3.05) is 45.8 Å². The summed E-state index contributed by atoms with van der Waals surface area (Å²) in [5.41, 5.74) is 15.2. The first-order valence-electron chi connectivity index (χ1n) is 13.7. The average molecular weight is 541 g/mol. The zero-order chi connectivity index (χ0) is 28.2. The fraction of sp³-hybridized carbons (Fsp3) is 0.500. The summed E-state index contributed by atoms with van der Waals surface area (Å²) in [5.74, 6) is 1.33. The highest BCUT2D eigenvalue weighted by atomic mass is 16.5. The SMILES string of the molecule is C=CC(=O)N(C)C1COCCC(C)C1.N/C(=C\c1c(CCCOC2CCOC2)c[nH]c1N)c1ccccc1O. The number of nitrogens with zero attached hydrogens (tertiary/aromatic N) is 1. The van der Waals surface area contributed by atoms with E-state index in [0.717, 1.165) is 56.4 Å². The Labute approximate surface area is 231 Å². The number of nitrogens with two attached hydrogens (primary N) is 2. The van der Waals surface area contributed by atoms with Gasteiger partial charge in [0.2, 0.25) is 5.91 Å². The molecule has 2 aromatic rings. The lowest BCUT2D eigenvalue weighted by atomic mass is 9.99. The molecule has 2 fully saturated rings. The average Bonchev–Trinajstić information content (AvgIpc) is 3.51. The Kier molecular flexibility index (Phi) is 11.9. The monoisotopic (exact) mass is 540 g/mol. The number of likely N-dealkylation sites (N-methyl/N-ethyl adjacent to an activating group) is 1. The molecule has 3 atom stereocenters. The number of carbonyl (C=O) groups is 1. The standard InChI is InChI=1S/C19H25N3O3.C11H19NO2/c20-17(15-5-1-2-6-18(15)23)10-16-13(11-22-19(16)21)4-3-8-25-14-7-9-24-12-14;1-4-11(13)12(3)10-7-9(2)5-6-14-8-10/h1-2,5-6,10-11,14,22-23H,3-4,7-9,12,20-21H2;4,9-10H,1,5-8H2,2-3H3/b17-10-;. The minimum absolute atomic E-state index is 0.0206. The summed E-state index contributed by atoms with van der Waals surface area (Å²) in [6.07, 6.45) is 10.1. The van der Waals surface area contributed by atoms with Gasteiger partial charge in [0.05, 0.1) is 25.4 Å². The van der Waals surface area contributed by atoms with E-state index >= 15 is 0 Å². The van der Waals surface area contributed by atoms with Crippen LogP contribution in [0.1, 0.15) is 49.3 Å².